The number of nitrogens with zero attached hydrogens (tertiary/aromatic N) is 1. The molecule has 0 bridgehead atoms. The first-order valence-corrected chi connectivity index (χ1v) is 4.67. The summed E-state index contributed by atoms with van der Waals surface area (Å²) in [6.07, 6.45) is 5.22. The van der Waals surface area contributed by atoms with Crippen LogP contribution in [0.25, 0.3) is 0 Å². The zero-order chi connectivity index (χ0) is 9.56. The van der Waals surface area contributed by atoms with Crippen LogP contribution in [0.15, 0.2) is 18.0 Å². The Morgan fingerprint density at radius 2 is 1.83 bits per heavy atom. The zero-order valence-corrected chi connectivity index (χ0v) is 8.96. The van der Waals surface area contributed by atoms with Gasteiger partial charge in [-0.3, -0.25) is 0 Å². The van der Waals surface area contributed by atoms with Crippen LogP contribution in [-0.4, -0.2) is 18.0 Å². The zero-order valence-electron chi connectivity index (χ0n) is 8.96. The summed E-state index contributed by atoms with van der Waals surface area (Å²) in [7, 11) is 2.07. The highest BCUT2D eigenvalue weighted by molar-refractivity contribution is 4.85. The lowest BCUT2D eigenvalue weighted by Crippen LogP contribution is -2.19. The summed E-state index contributed by atoms with van der Waals surface area (Å²) >= 11 is 0. The Balaban J connectivity index is 3.80. The topological polar surface area (TPSA) is 3.24 Å². The van der Waals surface area contributed by atoms with Gasteiger partial charge >= 0.3 is 0 Å². The van der Waals surface area contributed by atoms with E-state index in [0.29, 0.717) is 6.04 Å². The lowest BCUT2D eigenvalue weighted by Gasteiger charge is -2.16. The molecule has 0 aromatic heterocycles. The molecule has 0 radical (unpaired) electrons. The Kier molecular flexibility index (Phi) is 5.57. The quantitative estimate of drug-likeness (QED) is 0.582. The minimum Gasteiger partial charge on any atom is -0.372 e. The minimum absolute atomic E-state index is 0.560. The van der Waals surface area contributed by atoms with Crippen LogP contribution < -0.4 is 0 Å². The van der Waals surface area contributed by atoms with Crippen molar-refractivity contribution in [1.82, 2.24) is 4.90 Å². The molecule has 12 heavy (non-hydrogen) atoms. The maximum Gasteiger partial charge on any atom is 0.0420 e. The lowest BCUT2D eigenvalue weighted by atomic mass is 10.1. The average molecular weight is 167 g/mol. The van der Waals surface area contributed by atoms with Crippen LogP contribution in [0.2, 0.25) is 0 Å². The monoisotopic (exact) mass is 167 g/mol. The van der Waals surface area contributed by atoms with Crippen molar-refractivity contribution in [3.8, 4) is 0 Å². The van der Waals surface area contributed by atoms with Gasteiger partial charge < -0.3 is 4.90 Å². The van der Waals surface area contributed by atoms with Gasteiger partial charge in [-0.15, -0.1) is 5.73 Å². The minimum atomic E-state index is 0.560. The second-order valence-electron chi connectivity index (χ2n) is 3.89. The number of rotatable bonds is 4. The third kappa shape index (κ3) is 6.06. The van der Waals surface area contributed by atoms with E-state index >= 15 is 0 Å². The summed E-state index contributed by atoms with van der Waals surface area (Å²) in [5, 5.41) is 0. The average Bonchev–Trinajstić information content (AvgIpc) is 1.97. The van der Waals surface area contributed by atoms with E-state index in [0.717, 1.165) is 12.3 Å². The van der Waals surface area contributed by atoms with Gasteiger partial charge in [-0.2, -0.15) is 0 Å². The highest BCUT2D eigenvalue weighted by Gasteiger charge is 1.93. The predicted octanol–water partition coefficient (Wildman–Crippen LogP) is 3.04. The summed E-state index contributed by atoms with van der Waals surface area (Å²) < 4.78 is 0. The van der Waals surface area contributed by atoms with E-state index < -0.39 is 0 Å². The highest BCUT2D eigenvalue weighted by atomic mass is 15.1. The standard InChI is InChI=1S/C11H21N/c1-10(2)8-6-7-9-12(5)11(3)4/h6,9-11H,8H2,1-5H3. The van der Waals surface area contributed by atoms with Gasteiger partial charge in [0.05, 0.1) is 0 Å². The van der Waals surface area contributed by atoms with E-state index in [1.54, 1.807) is 0 Å². The Labute approximate surface area is 76.8 Å². The normalized spacial score (nSPS) is 9.92. The van der Waals surface area contributed by atoms with Gasteiger partial charge in [0.1, 0.15) is 0 Å². The van der Waals surface area contributed by atoms with Crippen molar-refractivity contribution in [2.45, 2.75) is 40.2 Å². The van der Waals surface area contributed by atoms with Crippen LogP contribution in [0.5, 0.6) is 0 Å². The molecule has 0 aromatic rings. The molecule has 0 rings (SSSR count). The van der Waals surface area contributed by atoms with Crippen molar-refractivity contribution >= 4 is 0 Å². The molecular weight excluding hydrogens is 146 g/mol. The van der Waals surface area contributed by atoms with Gasteiger partial charge in [0.15, 0.2) is 0 Å². The summed E-state index contributed by atoms with van der Waals surface area (Å²) in [5.74, 6) is 0.732. The first-order valence-electron chi connectivity index (χ1n) is 4.67. The van der Waals surface area contributed by atoms with Crippen molar-refractivity contribution in [3.63, 3.8) is 0 Å². The summed E-state index contributed by atoms with van der Waals surface area (Å²) in [5.41, 5.74) is 3.17. The van der Waals surface area contributed by atoms with Gasteiger partial charge in [-0.25, -0.2) is 0 Å². The van der Waals surface area contributed by atoms with Crippen LogP contribution in [0, 0.1) is 5.92 Å². The smallest absolute Gasteiger partial charge is 0.0420 e. The van der Waals surface area contributed by atoms with Crippen molar-refractivity contribution in [1.29, 1.82) is 0 Å². The molecule has 1 heteroatoms. The lowest BCUT2D eigenvalue weighted by molar-refractivity contribution is 0.376. The maximum absolute atomic E-state index is 3.17. The van der Waals surface area contributed by atoms with Crippen molar-refractivity contribution in [3.05, 3.63) is 18.0 Å². The third-order valence-corrected chi connectivity index (χ3v) is 1.80. The van der Waals surface area contributed by atoms with E-state index in [1.165, 1.54) is 0 Å². The molecular formula is C11H21N. The van der Waals surface area contributed by atoms with Gasteiger partial charge in [-0.1, -0.05) is 13.8 Å². The predicted molar refractivity (Wildman–Crippen MR) is 55.0 cm³/mol. The Morgan fingerprint density at radius 1 is 1.25 bits per heavy atom. The van der Waals surface area contributed by atoms with Gasteiger partial charge in [0.25, 0.3) is 0 Å². The Morgan fingerprint density at radius 3 is 2.25 bits per heavy atom. The second-order valence-corrected chi connectivity index (χ2v) is 3.89. The molecule has 0 N–H and O–H groups in total. The van der Waals surface area contributed by atoms with Gasteiger partial charge in [0, 0.05) is 19.3 Å². The van der Waals surface area contributed by atoms with E-state index in [-0.39, 0.29) is 0 Å². The Bertz CT molecular complexity index is 162. The number of hydrogen-bond donors (Lipinski definition) is 0. The third-order valence-electron chi connectivity index (χ3n) is 1.80. The molecule has 0 unspecified atom stereocenters. The fraction of sp³-hybridized carbons (Fsp3) is 0.727. The molecule has 1 nitrogen and oxygen atoms in total. The highest BCUT2D eigenvalue weighted by Crippen LogP contribution is 1.99. The number of hydrogen-bond acceptors (Lipinski definition) is 1. The van der Waals surface area contributed by atoms with Crippen LogP contribution in [0.1, 0.15) is 34.1 Å². The van der Waals surface area contributed by atoms with E-state index in [4.69, 9.17) is 0 Å². The maximum atomic E-state index is 3.17. The molecule has 0 aliphatic carbocycles. The fourth-order valence-corrected chi connectivity index (χ4v) is 0.623. The van der Waals surface area contributed by atoms with Crippen LogP contribution >= 0.6 is 0 Å². The van der Waals surface area contributed by atoms with Gasteiger partial charge in [-0.05, 0) is 32.3 Å². The summed E-state index contributed by atoms with van der Waals surface area (Å²) in [6, 6.07) is 0.560. The molecule has 70 valence electrons. The molecule has 0 spiro atoms. The largest absolute Gasteiger partial charge is 0.372 e. The molecule has 0 heterocycles. The molecule has 0 aliphatic heterocycles. The molecule has 0 saturated carbocycles. The molecule has 0 amide bonds. The van der Waals surface area contributed by atoms with Gasteiger partial charge in [0.2, 0.25) is 0 Å². The second kappa shape index (κ2) is 5.91. The van der Waals surface area contributed by atoms with E-state index in [9.17, 15) is 0 Å². The first-order chi connectivity index (χ1) is 5.54. The molecule has 0 saturated heterocycles. The van der Waals surface area contributed by atoms with Crippen molar-refractivity contribution in [2.24, 2.45) is 5.92 Å². The molecule has 0 aromatic carbocycles. The van der Waals surface area contributed by atoms with Crippen molar-refractivity contribution < 1.29 is 0 Å². The van der Waals surface area contributed by atoms with Crippen LogP contribution in [-0.2, 0) is 0 Å². The number of allylic oxidation sites excluding steroid dienone is 1. The SMILES string of the molecule is CC(C)CC=C=CN(C)C(C)C. The molecule has 0 atom stereocenters. The Hall–Kier alpha value is -0.680. The van der Waals surface area contributed by atoms with Crippen LogP contribution in [0.4, 0.5) is 0 Å². The van der Waals surface area contributed by atoms with E-state index in [2.05, 4.69) is 51.4 Å². The summed E-state index contributed by atoms with van der Waals surface area (Å²) in [6.45, 7) is 8.76. The molecule has 0 aliphatic rings. The van der Waals surface area contributed by atoms with Crippen LogP contribution in [0.3, 0.4) is 0 Å². The fourth-order valence-electron chi connectivity index (χ4n) is 0.623. The molecule has 0 fully saturated rings. The van der Waals surface area contributed by atoms with E-state index in [1.807, 2.05) is 6.20 Å². The first kappa shape index (κ1) is 11.3. The summed E-state index contributed by atoms with van der Waals surface area (Å²) in [4.78, 5) is 2.15. The van der Waals surface area contributed by atoms with Crippen molar-refractivity contribution in [2.75, 3.05) is 7.05 Å².